The van der Waals surface area contributed by atoms with Gasteiger partial charge in [-0.3, -0.25) is 9.69 Å². The van der Waals surface area contributed by atoms with Crippen LogP contribution in [0.4, 0.5) is 18.0 Å². The molecule has 20 heavy (non-hydrogen) atoms. The summed E-state index contributed by atoms with van der Waals surface area (Å²) in [7, 11) is 0. The minimum Gasteiger partial charge on any atom is -0.316 e. The Morgan fingerprint density at radius 3 is 2.25 bits per heavy atom. The lowest BCUT2D eigenvalue weighted by atomic mass is 9.88. The molecule has 0 bridgehead atoms. The molecule has 0 aromatic carbocycles. The summed E-state index contributed by atoms with van der Waals surface area (Å²) in [6.45, 7) is 0.747. The van der Waals surface area contributed by atoms with Crippen LogP contribution in [0.3, 0.4) is 0 Å². The van der Waals surface area contributed by atoms with Crippen LogP contribution in [0, 0.1) is 5.41 Å². The molecule has 3 amide bonds. The van der Waals surface area contributed by atoms with E-state index in [9.17, 15) is 22.8 Å². The average Bonchev–Trinajstić information content (AvgIpc) is 2.90. The maximum atomic E-state index is 13.0. The summed E-state index contributed by atoms with van der Waals surface area (Å²) >= 11 is 3.36. The van der Waals surface area contributed by atoms with Crippen LogP contribution in [-0.4, -0.2) is 40.4 Å². The zero-order chi connectivity index (χ0) is 15.2. The number of imide groups is 1. The third-order valence-corrected chi connectivity index (χ3v) is 5.47. The van der Waals surface area contributed by atoms with Gasteiger partial charge < -0.3 is 5.32 Å². The van der Waals surface area contributed by atoms with E-state index in [4.69, 9.17) is 0 Å². The number of alkyl halides is 4. The number of urea groups is 1. The molecule has 1 saturated carbocycles. The first-order valence-corrected chi connectivity index (χ1v) is 7.54. The number of amides is 3. The predicted octanol–water partition coefficient (Wildman–Crippen LogP) is 2.81. The first-order chi connectivity index (χ1) is 9.15. The van der Waals surface area contributed by atoms with Crippen molar-refractivity contribution in [2.24, 2.45) is 5.41 Å². The highest BCUT2D eigenvalue weighted by molar-refractivity contribution is 9.09. The number of carbonyl (C=O) groups is 2. The van der Waals surface area contributed by atoms with Crippen molar-refractivity contribution in [1.29, 1.82) is 0 Å². The number of carbonyl (C=O) groups excluding carboxylic acids is 2. The maximum Gasteiger partial charge on any atom is 0.420 e. The standard InChI is InChI=1S/C12H16BrF3N2O2/c1-10(12(14,15)16)8(19)18(9(20)17-10)7-11(6-13)4-2-3-5-11/h2-7H2,1H3,(H,17,20). The summed E-state index contributed by atoms with van der Waals surface area (Å²) in [5.41, 5.74) is -3.11. The van der Waals surface area contributed by atoms with Gasteiger partial charge in [-0.1, -0.05) is 28.8 Å². The van der Waals surface area contributed by atoms with Crippen LogP contribution in [0.25, 0.3) is 0 Å². The van der Waals surface area contributed by atoms with E-state index in [1.165, 1.54) is 0 Å². The Balaban J connectivity index is 2.22. The van der Waals surface area contributed by atoms with E-state index in [1.54, 1.807) is 5.32 Å². The van der Waals surface area contributed by atoms with Gasteiger partial charge in [-0.2, -0.15) is 13.2 Å². The van der Waals surface area contributed by atoms with E-state index in [1.807, 2.05) is 0 Å². The van der Waals surface area contributed by atoms with Gasteiger partial charge in [0.25, 0.3) is 5.91 Å². The average molecular weight is 357 g/mol. The van der Waals surface area contributed by atoms with Gasteiger partial charge in [0, 0.05) is 11.9 Å². The van der Waals surface area contributed by atoms with Crippen molar-refractivity contribution in [1.82, 2.24) is 10.2 Å². The van der Waals surface area contributed by atoms with E-state index in [0.717, 1.165) is 30.6 Å². The molecular weight excluding hydrogens is 341 g/mol. The van der Waals surface area contributed by atoms with E-state index in [2.05, 4.69) is 15.9 Å². The third kappa shape index (κ3) is 2.31. The number of nitrogens with one attached hydrogen (secondary N) is 1. The largest absolute Gasteiger partial charge is 0.420 e. The molecule has 2 fully saturated rings. The predicted molar refractivity (Wildman–Crippen MR) is 69.4 cm³/mol. The number of hydrogen-bond donors (Lipinski definition) is 1. The van der Waals surface area contributed by atoms with Crippen LogP contribution < -0.4 is 5.32 Å². The normalized spacial score (nSPS) is 29.9. The summed E-state index contributed by atoms with van der Waals surface area (Å²) in [5, 5.41) is 2.35. The van der Waals surface area contributed by atoms with Crippen molar-refractivity contribution in [2.75, 3.05) is 11.9 Å². The highest BCUT2D eigenvalue weighted by atomic mass is 79.9. The van der Waals surface area contributed by atoms with E-state index in [0.29, 0.717) is 12.3 Å². The molecule has 0 radical (unpaired) electrons. The fourth-order valence-corrected chi connectivity index (χ4v) is 3.57. The lowest BCUT2D eigenvalue weighted by Gasteiger charge is -2.31. The lowest BCUT2D eigenvalue weighted by Crippen LogP contribution is -2.56. The first kappa shape index (κ1) is 15.6. The summed E-state index contributed by atoms with van der Waals surface area (Å²) < 4.78 is 38.9. The van der Waals surface area contributed by atoms with Crippen LogP contribution in [0.5, 0.6) is 0 Å². The Labute approximate surface area is 123 Å². The zero-order valence-corrected chi connectivity index (χ0v) is 12.6. The molecule has 2 aliphatic rings. The van der Waals surface area contributed by atoms with Crippen LogP contribution in [0.1, 0.15) is 32.6 Å². The monoisotopic (exact) mass is 356 g/mol. The molecule has 1 unspecified atom stereocenters. The second kappa shape index (κ2) is 4.89. The molecular formula is C12H16BrF3N2O2. The summed E-state index contributed by atoms with van der Waals surface area (Å²) in [6.07, 6.45) is -1.26. The Bertz CT molecular complexity index is 435. The van der Waals surface area contributed by atoms with Crippen molar-refractivity contribution in [3.63, 3.8) is 0 Å². The Hall–Kier alpha value is -0.790. The van der Waals surface area contributed by atoms with Crippen LogP contribution in [0.15, 0.2) is 0 Å². The molecule has 1 heterocycles. The molecule has 1 aliphatic heterocycles. The summed E-state index contributed by atoms with van der Waals surface area (Å²) in [6, 6.07) is -0.956. The van der Waals surface area contributed by atoms with E-state index < -0.39 is 23.7 Å². The van der Waals surface area contributed by atoms with Crippen LogP contribution >= 0.6 is 15.9 Å². The van der Waals surface area contributed by atoms with Gasteiger partial charge in [0.15, 0.2) is 0 Å². The van der Waals surface area contributed by atoms with Gasteiger partial charge in [-0.25, -0.2) is 4.79 Å². The molecule has 8 heteroatoms. The molecule has 1 aliphatic carbocycles. The highest BCUT2D eigenvalue weighted by Crippen LogP contribution is 2.42. The first-order valence-electron chi connectivity index (χ1n) is 6.42. The van der Waals surface area contributed by atoms with Gasteiger partial charge in [-0.05, 0) is 25.2 Å². The van der Waals surface area contributed by atoms with E-state index in [-0.39, 0.29) is 12.0 Å². The third-order valence-electron chi connectivity index (χ3n) is 4.28. The summed E-state index contributed by atoms with van der Waals surface area (Å²) in [4.78, 5) is 24.5. The topological polar surface area (TPSA) is 49.4 Å². The summed E-state index contributed by atoms with van der Waals surface area (Å²) in [5.74, 6) is -1.21. The molecule has 114 valence electrons. The zero-order valence-electron chi connectivity index (χ0n) is 11.0. The fraction of sp³-hybridized carbons (Fsp3) is 0.833. The lowest BCUT2D eigenvalue weighted by molar-refractivity contribution is -0.191. The fourth-order valence-electron chi connectivity index (χ4n) is 2.83. The number of hydrogen-bond acceptors (Lipinski definition) is 2. The minimum atomic E-state index is -4.80. The minimum absolute atomic E-state index is 0.0363. The highest BCUT2D eigenvalue weighted by Gasteiger charge is 2.64. The Kier molecular flexibility index (Phi) is 3.81. The van der Waals surface area contributed by atoms with Crippen molar-refractivity contribution >= 4 is 27.9 Å². The quantitative estimate of drug-likeness (QED) is 0.624. The van der Waals surface area contributed by atoms with Gasteiger partial charge in [0.1, 0.15) is 0 Å². The molecule has 1 N–H and O–H groups in total. The molecule has 4 nitrogen and oxygen atoms in total. The number of halogens is 4. The van der Waals surface area contributed by atoms with E-state index >= 15 is 0 Å². The molecule has 0 aromatic rings. The molecule has 2 rings (SSSR count). The van der Waals surface area contributed by atoms with Gasteiger partial charge in [0.05, 0.1) is 0 Å². The number of nitrogens with zero attached hydrogens (tertiary/aromatic N) is 1. The smallest absolute Gasteiger partial charge is 0.316 e. The number of rotatable bonds is 3. The SMILES string of the molecule is CC1(C(F)(F)F)NC(=O)N(CC2(CBr)CCCC2)C1=O. The second-order valence-electron chi connectivity index (χ2n) is 5.78. The molecule has 1 atom stereocenters. The Morgan fingerprint density at radius 2 is 1.85 bits per heavy atom. The second-order valence-corrected chi connectivity index (χ2v) is 6.35. The molecule has 1 saturated heterocycles. The van der Waals surface area contributed by atoms with Crippen LogP contribution in [0.2, 0.25) is 0 Å². The molecule has 0 aromatic heterocycles. The van der Waals surface area contributed by atoms with Crippen molar-refractivity contribution in [2.45, 2.75) is 44.3 Å². The van der Waals surface area contributed by atoms with Gasteiger partial charge in [-0.15, -0.1) is 0 Å². The van der Waals surface area contributed by atoms with Crippen molar-refractivity contribution in [3.8, 4) is 0 Å². The maximum absolute atomic E-state index is 13.0. The van der Waals surface area contributed by atoms with Gasteiger partial charge in [0.2, 0.25) is 5.54 Å². The Morgan fingerprint density at radius 1 is 1.30 bits per heavy atom. The van der Waals surface area contributed by atoms with Gasteiger partial charge >= 0.3 is 12.2 Å². The molecule has 0 spiro atoms. The van der Waals surface area contributed by atoms with Crippen molar-refractivity contribution in [3.05, 3.63) is 0 Å². The van der Waals surface area contributed by atoms with Crippen LogP contribution in [-0.2, 0) is 4.79 Å². The van der Waals surface area contributed by atoms with Crippen molar-refractivity contribution < 1.29 is 22.8 Å².